The average molecular weight is 410 g/mol. The molecule has 2 heterocycles. The summed E-state index contributed by atoms with van der Waals surface area (Å²) in [7, 11) is 0. The van der Waals surface area contributed by atoms with Crippen LogP contribution in [0.2, 0.25) is 0 Å². The molecule has 2 aromatic rings. The number of aliphatic hydroxyl groups excluding tert-OH is 1. The van der Waals surface area contributed by atoms with Crippen LogP contribution in [0.3, 0.4) is 0 Å². The molecule has 0 saturated carbocycles. The highest BCUT2D eigenvalue weighted by Gasteiger charge is 2.54. The van der Waals surface area contributed by atoms with Crippen molar-refractivity contribution in [2.75, 3.05) is 5.75 Å². The predicted octanol–water partition coefficient (Wildman–Crippen LogP) is 2.12. The van der Waals surface area contributed by atoms with Crippen molar-refractivity contribution in [3.05, 3.63) is 83.2 Å². The first-order chi connectivity index (χ1) is 14.1. The molecule has 0 aromatic heterocycles. The quantitative estimate of drug-likeness (QED) is 0.430. The average Bonchev–Trinajstić information content (AvgIpc) is 2.76. The molecular formula is C21H18N2O5S. The van der Waals surface area contributed by atoms with Crippen molar-refractivity contribution < 1.29 is 24.2 Å². The maximum atomic E-state index is 13.0. The van der Waals surface area contributed by atoms with Gasteiger partial charge in [-0.25, -0.2) is 4.79 Å². The van der Waals surface area contributed by atoms with Crippen molar-refractivity contribution in [1.29, 1.82) is 0 Å². The third-order valence-electron chi connectivity index (χ3n) is 4.82. The number of carbonyl (C=O) groups excluding carboxylic acids is 3. The molecule has 2 aromatic carbocycles. The number of ether oxygens (including phenoxy) is 1. The smallest absolute Gasteiger partial charge is 0.359 e. The number of benzene rings is 2. The van der Waals surface area contributed by atoms with Crippen molar-refractivity contribution in [3.8, 4) is 0 Å². The van der Waals surface area contributed by atoms with Crippen molar-refractivity contribution >= 4 is 30.0 Å². The molecule has 1 fully saturated rings. The number of carbonyl (C=O) groups is 3. The van der Waals surface area contributed by atoms with Crippen molar-refractivity contribution in [2.24, 2.45) is 0 Å². The lowest BCUT2D eigenvalue weighted by molar-refractivity contribution is -0.154. The molecule has 7 nitrogen and oxygen atoms in total. The van der Waals surface area contributed by atoms with E-state index in [9.17, 15) is 19.5 Å². The van der Waals surface area contributed by atoms with E-state index in [2.05, 4.69) is 5.32 Å². The fourth-order valence-electron chi connectivity index (χ4n) is 3.43. The van der Waals surface area contributed by atoms with Gasteiger partial charge in [-0.3, -0.25) is 14.5 Å². The van der Waals surface area contributed by atoms with Crippen LogP contribution in [0.1, 0.15) is 17.2 Å². The number of amides is 2. The van der Waals surface area contributed by atoms with E-state index in [4.69, 9.17) is 4.74 Å². The monoisotopic (exact) mass is 410 g/mol. The lowest BCUT2D eigenvalue weighted by Crippen LogP contribution is -2.69. The van der Waals surface area contributed by atoms with E-state index in [1.165, 1.54) is 16.7 Å². The van der Waals surface area contributed by atoms with Crippen LogP contribution < -0.4 is 5.32 Å². The molecule has 0 aliphatic carbocycles. The minimum absolute atomic E-state index is 0.150. The molecule has 29 heavy (non-hydrogen) atoms. The second-order valence-corrected chi connectivity index (χ2v) is 7.68. The number of hydrogen-bond donors (Lipinski definition) is 2. The molecule has 2 aliphatic heterocycles. The normalized spacial score (nSPS) is 20.7. The SMILES string of the molecule is O=CNC1C(=O)N2C(C(=O)OC(c3ccccc3)c3ccccc3)=C(O)CS[C@@H]12. The number of fused-ring (bicyclic) bond motifs is 1. The Morgan fingerprint density at radius 1 is 1.14 bits per heavy atom. The van der Waals surface area contributed by atoms with E-state index >= 15 is 0 Å². The van der Waals surface area contributed by atoms with Gasteiger partial charge in [-0.05, 0) is 11.1 Å². The molecule has 2 aliphatic rings. The highest BCUT2D eigenvalue weighted by Crippen LogP contribution is 2.40. The molecule has 8 heteroatoms. The molecule has 0 bridgehead atoms. The minimum atomic E-state index is -0.789. The predicted molar refractivity (Wildman–Crippen MR) is 107 cm³/mol. The van der Waals surface area contributed by atoms with Gasteiger partial charge in [0.25, 0.3) is 5.91 Å². The standard InChI is InChI=1S/C21H18N2O5S/c24-12-22-16-19(26)23-17(15(25)11-29-20(16)23)21(27)28-18(13-7-3-1-4-8-13)14-9-5-2-6-10-14/h1-10,12,16,18,20,25H,11H2,(H,22,24)/t16?,20-/m0/s1. The summed E-state index contributed by atoms with van der Waals surface area (Å²) >= 11 is 1.27. The summed E-state index contributed by atoms with van der Waals surface area (Å²) in [5, 5.41) is 12.3. The van der Waals surface area contributed by atoms with Gasteiger partial charge in [0.1, 0.15) is 17.2 Å². The van der Waals surface area contributed by atoms with Gasteiger partial charge in [0.15, 0.2) is 11.8 Å². The van der Waals surface area contributed by atoms with Gasteiger partial charge in [-0.2, -0.15) is 0 Å². The molecule has 2 amide bonds. The van der Waals surface area contributed by atoms with Gasteiger partial charge in [-0.15, -0.1) is 11.8 Å². The second-order valence-electron chi connectivity index (χ2n) is 6.57. The zero-order chi connectivity index (χ0) is 20.4. The zero-order valence-corrected chi connectivity index (χ0v) is 16.0. The number of hydrogen-bond acceptors (Lipinski definition) is 6. The summed E-state index contributed by atoms with van der Waals surface area (Å²) < 4.78 is 5.78. The van der Waals surface area contributed by atoms with Gasteiger partial charge in [-0.1, -0.05) is 60.7 Å². The fourth-order valence-corrected chi connectivity index (χ4v) is 4.65. The third kappa shape index (κ3) is 3.47. The number of aliphatic hydroxyl groups is 1. The van der Waals surface area contributed by atoms with Crippen LogP contribution in [-0.2, 0) is 19.1 Å². The van der Waals surface area contributed by atoms with E-state index in [0.29, 0.717) is 6.41 Å². The first-order valence-electron chi connectivity index (χ1n) is 8.99. The number of nitrogens with zero attached hydrogens (tertiary/aromatic N) is 1. The Morgan fingerprint density at radius 3 is 2.28 bits per heavy atom. The summed E-state index contributed by atoms with van der Waals surface area (Å²) in [5.41, 5.74) is 1.37. The maximum Gasteiger partial charge on any atom is 0.359 e. The minimum Gasteiger partial charge on any atom is -0.509 e. The van der Waals surface area contributed by atoms with Crippen molar-refractivity contribution in [1.82, 2.24) is 10.2 Å². The number of rotatable bonds is 6. The van der Waals surface area contributed by atoms with Gasteiger partial charge in [0, 0.05) is 0 Å². The number of thioether (sulfide) groups is 1. The zero-order valence-electron chi connectivity index (χ0n) is 15.2. The van der Waals surface area contributed by atoms with Crippen LogP contribution in [0.25, 0.3) is 0 Å². The van der Waals surface area contributed by atoms with E-state index in [-0.39, 0.29) is 17.2 Å². The molecule has 2 N–H and O–H groups in total. The summed E-state index contributed by atoms with van der Waals surface area (Å²) in [5.74, 6) is -1.31. The Balaban J connectivity index is 1.62. The molecule has 1 saturated heterocycles. The van der Waals surface area contributed by atoms with Crippen molar-refractivity contribution in [2.45, 2.75) is 17.5 Å². The van der Waals surface area contributed by atoms with E-state index in [1.54, 1.807) is 0 Å². The van der Waals surface area contributed by atoms with Crippen LogP contribution in [0.5, 0.6) is 0 Å². The molecule has 2 atom stereocenters. The van der Waals surface area contributed by atoms with Crippen molar-refractivity contribution in [3.63, 3.8) is 0 Å². The Hall–Kier alpha value is -3.26. The largest absolute Gasteiger partial charge is 0.509 e. The van der Waals surface area contributed by atoms with Gasteiger partial charge >= 0.3 is 5.97 Å². The molecule has 148 valence electrons. The van der Waals surface area contributed by atoms with Crippen LogP contribution in [0.15, 0.2) is 72.1 Å². The number of esters is 1. The lowest BCUT2D eigenvalue weighted by Gasteiger charge is -2.48. The van der Waals surface area contributed by atoms with Gasteiger partial charge in [0.05, 0.1) is 5.75 Å². The topological polar surface area (TPSA) is 95.9 Å². The summed E-state index contributed by atoms with van der Waals surface area (Å²) in [6.45, 7) is 0. The summed E-state index contributed by atoms with van der Waals surface area (Å²) in [6, 6.07) is 17.8. The molecular weight excluding hydrogens is 392 g/mol. The van der Waals surface area contributed by atoms with Crippen LogP contribution in [-0.4, -0.2) is 45.5 Å². The van der Waals surface area contributed by atoms with Crippen LogP contribution in [0.4, 0.5) is 0 Å². The second kappa shape index (κ2) is 8.00. The Labute approximate surface area is 171 Å². The van der Waals surface area contributed by atoms with Gasteiger partial charge < -0.3 is 15.2 Å². The fraction of sp³-hybridized carbons (Fsp3) is 0.190. The molecule has 4 rings (SSSR count). The first kappa shape index (κ1) is 19.1. The third-order valence-corrected chi connectivity index (χ3v) is 6.08. The van der Waals surface area contributed by atoms with Gasteiger partial charge in [0.2, 0.25) is 6.41 Å². The summed E-state index contributed by atoms with van der Waals surface area (Å²) in [6.07, 6.45) is -0.240. The van der Waals surface area contributed by atoms with Crippen LogP contribution in [0, 0.1) is 0 Å². The summed E-state index contributed by atoms with van der Waals surface area (Å²) in [4.78, 5) is 37.4. The van der Waals surface area contributed by atoms with Crippen LogP contribution >= 0.6 is 11.8 Å². The first-order valence-corrected chi connectivity index (χ1v) is 10.0. The lowest BCUT2D eigenvalue weighted by atomic mass is 10.0. The highest BCUT2D eigenvalue weighted by atomic mass is 32.2. The Morgan fingerprint density at radius 2 is 1.72 bits per heavy atom. The highest BCUT2D eigenvalue weighted by molar-refractivity contribution is 8.00. The van der Waals surface area contributed by atoms with E-state index in [1.807, 2.05) is 60.7 Å². The molecule has 0 radical (unpaired) electrons. The Bertz CT molecular complexity index is 924. The van der Waals surface area contributed by atoms with E-state index in [0.717, 1.165) is 11.1 Å². The molecule has 0 spiro atoms. The number of β-lactam (4-membered cyclic amide) rings is 1. The number of nitrogens with one attached hydrogen (secondary N) is 1. The maximum absolute atomic E-state index is 13.0. The Kier molecular flexibility index (Phi) is 5.26. The van der Waals surface area contributed by atoms with E-state index < -0.39 is 29.4 Å². The molecule has 1 unspecified atom stereocenters.